The predicted molar refractivity (Wildman–Crippen MR) is 66.1 cm³/mol. The number of Topliss-reactive ketones (excluding diaryl/α,β-unsaturated/α-hetero) is 2. The van der Waals surface area contributed by atoms with Crippen LogP contribution in [0.5, 0.6) is 0 Å². The second-order valence-corrected chi connectivity index (χ2v) is 4.61. The number of carbonyl (C=O) groups excluding carboxylic acids is 3. The van der Waals surface area contributed by atoms with Crippen LogP contribution < -0.4 is 0 Å². The molecule has 1 atom stereocenters. The molecule has 0 spiro atoms. The van der Waals surface area contributed by atoms with E-state index >= 15 is 0 Å². The minimum atomic E-state index is -0.830. The Hall–Kier alpha value is -2.04. The molecule has 0 bridgehead atoms. The molecule has 1 heterocycles. The summed E-state index contributed by atoms with van der Waals surface area (Å²) in [6.07, 6.45) is 0.192. The van der Waals surface area contributed by atoms with Crippen molar-refractivity contribution in [1.82, 2.24) is 4.90 Å². The fourth-order valence-electron chi connectivity index (χ4n) is 2.16. The lowest BCUT2D eigenvalue weighted by molar-refractivity contribution is -0.134. The molecule has 1 aromatic carbocycles. The minimum Gasteiger partial charge on any atom is -0.341 e. The van der Waals surface area contributed by atoms with E-state index < -0.39 is 11.7 Å². The summed E-state index contributed by atoms with van der Waals surface area (Å²) in [4.78, 5) is 36.8. The molecule has 0 N–H and O–H groups in total. The van der Waals surface area contributed by atoms with Gasteiger partial charge in [-0.2, -0.15) is 0 Å². The van der Waals surface area contributed by atoms with E-state index in [2.05, 4.69) is 0 Å². The fourth-order valence-corrected chi connectivity index (χ4v) is 2.16. The number of rotatable bonds is 2. The van der Waals surface area contributed by atoms with E-state index in [1.54, 1.807) is 0 Å². The highest BCUT2D eigenvalue weighted by Gasteiger charge is 2.34. The number of benzene rings is 1. The number of halogens is 1. The van der Waals surface area contributed by atoms with Gasteiger partial charge in [0.1, 0.15) is 11.6 Å². The maximum atomic E-state index is 12.8. The predicted octanol–water partition coefficient (Wildman–Crippen LogP) is 1.45. The van der Waals surface area contributed by atoms with Crippen LogP contribution in [0.2, 0.25) is 0 Å². The van der Waals surface area contributed by atoms with Gasteiger partial charge in [-0.05, 0) is 24.3 Å². The second-order valence-electron chi connectivity index (χ2n) is 4.61. The molecule has 1 aliphatic heterocycles. The van der Waals surface area contributed by atoms with Crippen LogP contribution >= 0.6 is 0 Å². The Morgan fingerprint density at radius 2 is 1.89 bits per heavy atom. The third kappa shape index (κ3) is 2.86. The number of ketones is 2. The third-order valence-corrected chi connectivity index (χ3v) is 3.31. The summed E-state index contributed by atoms with van der Waals surface area (Å²) in [6, 6.07) is 5.09. The van der Waals surface area contributed by atoms with Crippen molar-refractivity contribution >= 4 is 17.5 Å². The average molecular weight is 263 g/mol. The van der Waals surface area contributed by atoms with Gasteiger partial charge in [0, 0.05) is 32.0 Å². The van der Waals surface area contributed by atoms with E-state index in [4.69, 9.17) is 0 Å². The summed E-state index contributed by atoms with van der Waals surface area (Å²) in [6.45, 7) is 1.89. The van der Waals surface area contributed by atoms with Crippen molar-refractivity contribution in [3.63, 3.8) is 0 Å². The number of hydrogen-bond donors (Lipinski definition) is 0. The molecule has 19 heavy (non-hydrogen) atoms. The van der Waals surface area contributed by atoms with E-state index in [0.717, 1.165) is 0 Å². The van der Waals surface area contributed by atoms with Gasteiger partial charge in [-0.15, -0.1) is 0 Å². The highest BCUT2D eigenvalue weighted by atomic mass is 19.1. The Balaban J connectivity index is 2.19. The molecule has 0 saturated carbocycles. The Morgan fingerprint density at radius 1 is 1.26 bits per heavy atom. The first-order chi connectivity index (χ1) is 8.99. The first-order valence-electron chi connectivity index (χ1n) is 6.07. The fraction of sp³-hybridized carbons (Fsp3) is 0.357. The lowest BCUT2D eigenvalue weighted by Gasteiger charge is -2.30. The summed E-state index contributed by atoms with van der Waals surface area (Å²) in [5.74, 6) is -1.92. The number of likely N-dealkylation sites (tertiary alicyclic amines) is 1. The zero-order chi connectivity index (χ0) is 14.0. The largest absolute Gasteiger partial charge is 0.341 e. The van der Waals surface area contributed by atoms with E-state index in [1.807, 2.05) is 0 Å². The zero-order valence-corrected chi connectivity index (χ0v) is 10.6. The molecule has 0 radical (unpaired) electrons. The maximum absolute atomic E-state index is 12.8. The van der Waals surface area contributed by atoms with Gasteiger partial charge in [0.2, 0.25) is 5.91 Å². The summed E-state index contributed by atoms with van der Waals surface area (Å²) in [7, 11) is 0. The van der Waals surface area contributed by atoms with Crippen LogP contribution in [-0.4, -0.2) is 35.5 Å². The van der Waals surface area contributed by atoms with Crippen molar-refractivity contribution in [3.8, 4) is 0 Å². The van der Waals surface area contributed by atoms with Crippen LogP contribution in [0.15, 0.2) is 24.3 Å². The first-order valence-corrected chi connectivity index (χ1v) is 6.07. The quantitative estimate of drug-likeness (QED) is 0.599. The minimum absolute atomic E-state index is 0.115. The van der Waals surface area contributed by atoms with Gasteiger partial charge in [0.05, 0.1) is 5.92 Å². The van der Waals surface area contributed by atoms with Crippen molar-refractivity contribution in [2.75, 3.05) is 13.1 Å². The zero-order valence-electron chi connectivity index (χ0n) is 10.6. The summed E-state index contributed by atoms with van der Waals surface area (Å²) in [5, 5.41) is 0. The standard InChI is InChI=1S/C14H14FNO3/c1-9(17)16-7-6-13(18)12(8-16)14(19)10-2-4-11(15)5-3-10/h2-5,12H,6-8H2,1H3/t12-/m1/s1. The molecule has 100 valence electrons. The first kappa shape index (κ1) is 13.4. The summed E-state index contributed by atoms with van der Waals surface area (Å²) >= 11 is 0. The van der Waals surface area contributed by atoms with Gasteiger partial charge in [0.15, 0.2) is 5.78 Å². The molecule has 0 unspecified atom stereocenters. The van der Waals surface area contributed by atoms with Crippen LogP contribution in [0.4, 0.5) is 4.39 Å². The molecule has 5 heteroatoms. The molecule has 0 aliphatic carbocycles. The monoisotopic (exact) mass is 263 g/mol. The van der Waals surface area contributed by atoms with Gasteiger partial charge in [-0.1, -0.05) is 0 Å². The maximum Gasteiger partial charge on any atom is 0.219 e. The molecule has 1 saturated heterocycles. The van der Waals surface area contributed by atoms with E-state index in [0.29, 0.717) is 12.1 Å². The normalized spacial score (nSPS) is 19.4. The Bertz CT molecular complexity index is 524. The van der Waals surface area contributed by atoms with Crippen LogP contribution in [-0.2, 0) is 9.59 Å². The molecule has 4 nitrogen and oxygen atoms in total. The third-order valence-electron chi connectivity index (χ3n) is 3.31. The van der Waals surface area contributed by atoms with E-state index in [1.165, 1.54) is 36.1 Å². The Labute approximate surface area is 110 Å². The molecule has 1 aliphatic rings. The number of carbonyl (C=O) groups is 3. The summed E-state index contributed by atoms with van der Waals surface area (Å²) in [5.41, 5.74) is 0.296. The lowest BCUT2D eigenvalue weighted by atomic mass is 9.89. The number of piperidine rings is 1. The van der Waals surface area contributed by atoms with Crippen LogP contribution in [0.1, 0.15) is 23.7 Å². The van der Waals surface area contributed by atoms with Crippen LogP contribution in [0.3, 0.4) is 0 Å². The molecule has 2 rings (SSSR count). The van der Waals surface area contributed by atoms with Gasteiger partial charge < -0.3 is 4.90 Å². The van der Waals surface area contributed by atoms with Gasteiger partial charge in [-0.25, -0.2) is 4.39 Å². The van der Waals surface area contributed by atoms with Crippen molar-refractivity contribution in [1.29, 1.82) is 0 Å². The summed E-state index contributed by atoms with van der Waals surface area (Å²) < 4.78 is 12.8. The number of nitrogens with zero attached hydrogens (tertiary/aromatic N) is 1. The Morgan fingerprint density at radius 3 is 2.47 bits per heavy atom. The number of amides is 1. The second kappa shape index (κ2) is 5.30. The van der Waals surface area contributed by atoms with Crippen LogP contribution in [0, 0.1) is 11.7 Å². The van der Waals surface area contributed by atoms with Crippen molar-refractivity contribution in [2.45, 2.75) is 13.3 Å². The van der Waals surface area contributed by atoms with Gasteiger partial charge in [-0.3, -0.25) is 14.4 Å². The SMILES string of the molecule is CC(=O)N1CCC(=O)[C@H](C(=O)c2ccc(F)cc2)C1. The van der Waals surface area contributed by atoms with Gasteiger partial charge >= 0.3 is 0 Å². The molecule has 1 amide bonds. The molecule has 0 aromatic heterocycles. The Kier molecular flexibility index (Phi) is 3.74. The lowest BCUT2D eigenvalue weighted by Crippen LogP contribution is -2.46. The number of hydrogen-bond acceptors (Lipinski definition) is 3. The smallest absolute Gasteiger partial charge is 0.219 e. The highest BCUT2D eigenvalue weighted by Crippen LogP contribution is 2.18. The average Bonchev–Trinajstić information content (AvgIpc) is 2.39. The van der Waals surface area contributed by atoms with E-state index in [9.17, 15) is 18.8 Å². The molecular formula is C14H14FNO3. The molecule has 1 fully saturated rings. The van der Waals surface area contributed by atoms with Crippen molar-refractivity contribution in [2.24, 2.45) is 5.92 Å². The highest BCUT2D eigenvalue weighted by molar-refractivity contribution is 6.11. The topological polar surface area (TPSA) is 54.5 Å². The van der Waals surface area contributed by atoms with Crippen molar-refractivity contribution < 1.29 is 18.8 Å². The van der Waals surface area contributed by atoms with Crippen LogP contribution in [0.25, 0.3) is 0 Å². The van der Waals surface area contributed by atoms with Crippen molar-refractivity contribution in [3.05, 3.63) is 35.6 Å². The van der Waals surface area contributed by atoms with E-state index in [-0.39, 0.29) is 30.4 Å². The van der Waals surface area contributed by atoms with Gasteiger partial charge in [0.25, 0.3) is 0 Å². The molecular weight excluding hydrogens is 249 g/mol. The molecule has 1 aromatic rings.